The highest BCUT2D eigenvalue weighted by Gasteiger charge is 2.09. The Morgan fingerprint density at radius 3 is 2.38 bits per heavy atom. The van der Waals surface area contributed by atoms with Gasteiger partial charge in [-0.15, -0.1) is 0 Å². The molecule has 0 spiro atoms. The number of benzene rings is 2. The lowest BCUT2D eigenvalue weighted by Gasteiger charge is -2.08. The van der Waals surface area contributed by atoms with Gasteiger partial charge >= 0.3 is 5.97 Å². The van der Waals surface area contributed by atoms with Gasteiger partial charge in [-0.2, -0.15) is 0 Å². The SMILES string of the molecule is CCOC(=O)c1ccc(Nc2cnc(C(=O)NCCc3ccccc3)cn2)cc1. The third kappa shape index (κ3) is 5.87. The van der Waals surface area contributed by atoms with Crippen molar-refractivity contribution in [1.29, 1.82) is 0 Å². The van der Waals surface area contributed by atoms with E-state index in [2.05, 4.69) is 20.6 Å². The Hall–Kier alpha value is -3.74. The van der Waals surface area contributed by atoms with Crippen LogP contribution in [0.5, 0.6) is 0 Å². The molecule has 0 aliphatic rings. The molecule has 0 unspecified atom stereocenters. The molecule has 1 heterocycles. The maximum Gasteiger partial charge on any atom is 0.338 e. The second kappa shape index (κ2) is 9.98. The Morgan fingerprint density at radius 1 is 0.966 bits per heavy atom. The van der Waals surface area contributed by atoms with E-state index in [-0.39, 0.29) is 17.6 Å². The second-order valence-corrected chi connectivity index (χ2v) is 6.20. The summed E-state index contributed by atoms with van der Waals surface area (Å²) in [7, 11) is 0. The molecule has 1 aromatic heterocycles. The fraction of sp³-hybridized carbons (Fsp3) is 0.182. The van der Waals surface area contributed by atoms with Gasteiger partial charge in [0.15, 0.2) is 0 Å². The van der Waals surface area contributed by atoms with Crippen LogP contribution in [0.25, 0.3) is 0 Å². The van der Waals surface area contributed by atoms with Crippen molar-refractivity contribution in [2.45, 2.75) is 13.3 Å². The number of hydrogen-bond acceptors (Lipinski definition) is 6. The van der Waals surface area contributed by atoms with E-state index in [4.69, 9.17) is 4.74 Å². The maximum absolute atomic E-state index is 12.2. The predicted octanol–water partition coefficient (Wildman–Crippen LogP) is 3.37. The molecule has 7 nitrogen and oxygen atoms in total. The number of amides is 1. The zero-order chi connectivity index (χ0) is 20.5. The van der Waals surface area contributed by atoms with Gasteiger partial charge in [-0.1, -0.05) is 30.3 Å². The Bertz CT molecular complexity index is 942. The van der Waals surface area contributed by atoms with Gasteiger partial charge < -0.3 is 15.4 Å². The van der Waals surface area contributed by atoms with Gasteiger partial charge in [-0.25, -0.2) is 14.8 Å². The molecule has 0 aliphatic heterocycles. The Labute approximate surface area is 169 Å². The topological polar surface area (TPSA) is 93.2 Å². The zero-order valence-electron chi connectivity index (χ0n) is 16.1. The van der Waals surface area contributed by atoms with Gasteiger partial charge in [-0.3, -0.25) is 4.79 Å². The molecule has 3 rings (SSSR count). The monoisotopic (exact) mass is 390 g/mol. The minimum absolute atomic E-state index is 0.251. The lowest BCUT2D eigenvalue weighted by molar-refractivity contribution is 0.0526. The molecule has 0 radical (unpaired) electrons. The lowest BCUT2D eigenvalue weighted by Crippen LogP contribution is -2.26. The van der Waals surface area contributed by atoms with E-state index in [0.717, 1.165) is 17.7 Å². The van der Waals surface area contributed by atoms with Crippen molar-refractivity contribution in [3.63, 3.8) is 0 Å². The van der Waals surface area contributed by atoms with Crippen molar-refractivity contribution < 1.29 is 14.3 Å². The average Bonchev–Trinajstić information content (AvgIpc) is 2.75. The van der Waals surface area contributed by atoms with Crippen LogP contribution in [0.2, 0.25) is 0 Å². The first-order valence-corrected chi connectivity index (χ1v) is 9.34. The van der Waals surface area contributed by atoms with Gasteiger partial charge in [-0.05, 0) is 43.2 Å². The summed E-state index contributed by atoms with van der Waals surface area (Å²) in [5, 5.41) is 5.91. The predicted molar refractivity (Wildman–Crippen MR) is 110 cm³/mol. The molecule has 0 atom stereocenters. The Morgan fingerprint density at radius 2 is 1.72 bits per heavy atom. The molecule has 29 heavy (non-hydrogen) atoms. The molecule has 0 aliphatic carbocycles. The van der Waals surface area contributed by atoms with Crippen molar-refractivity contribution >= 4 is 23.4 Å². The average molecular weight is 390 g/mol. The summed E-state index contributed by atoms with van der Waals surface area (Å²) in [6.07, 6.45) is 3.67. The van der Waals surface area contributed by atoms with E-state index in [9.17, 15) is 9.59 Å². The van der Waals surface area contributed by atoms with Crippen LogP contribution in [0.15, 0.2) is 67.0 Å². The van der Waals surface area contributed by atoms with Crippen LogP contribution < -0.4 is 10.6 Å². The van der Waals surface area contributed by atoms with E-state index >= 15 is 0 Å². The molecule has 0 saturated carbocycles. The van der Waals surface area contributed by atoms with Gasteiger partial charge in [0.25, 0.3) is 5.91 Å². The maximum atomic E-state index is 12.2. The van der Waals surface area contributed by atoms with Gasteiger partial charge in [0.05, 0.1) is 24.6 Å². The van der Waals surface area contributed by atoms with Gasteiger partial charge in [0, 0.05) is 12.2 Å². The second-order valence-electron chi connectivity index (χ2n) is 6.20. The van der Waals surface area contributed by atoms with Crippen molar-refractivity contribution in [1.82, 2.24) is 15.3 Å². The van der Waals surface area contributed by atoms with Crippen molar-refractivity contribution in [3.8, 4) is 0 Å². The van der Waals surface area contributed by atoms with E-state index in [1.807, 2.05) is 30.3 Å². The number of carbonyl (C=O) groups is 2. The summed E-state index contributed by atoms with van der Waals surface area (Å²) in [5.41, 5.74) is 2.63. The minimum atomic E-state index is -0.360. The highest BCUT2D eigenvalue weighted by atomic mass is 16.5. The quantitative estimate of drug-likeness (QED) is 0.573. The smallest absolute Gasteiger partial charge is 0.338 e. The highest BCUT2D eigenvalue weighted by molar-refractivity contribution is 5.92. The summed E-state index contributed by atoms with van der Waals surface area (Å²) >= 11 is 0. The summed E-state index contributed by atoms with van der Waals surface area (Å²) in [6, 6.07) is 16.8. The molecule has 0 bridgehead atoms. The molecule has 7 heteroatoms. The van der Waals surface area contributed by atoms with Gasteiger partial charge in [0.1, 0.15) is 11.5 Å². The van der Waals surface area contributed by atoms with Crippen molar-refractivity contribution in [3.05, 3.63) is 83.8 Å². The van der Waals surface area contributed by atoms with Crippen molar-refractivity contribution in [2.24, 2.45) is 0 Å². The Kier molecular flexibility index (Phi) is 6.89. The number of rotatable bonds is 8. The Balaban J connectivity index is 1.51. The minimum Gasteiger partial charge on any atom is -0.462 e. The van der Waals surface area contributed by atoms with Crippen LogP contribution in [0.1, 0.15) is 33.3 Å². The fourth-order valence-electron chi connectivity index (χ4n) is 2.62. The standard InChI is InChI=1S/C22H22N4O3/c1-2-29-22(28)17-8-10-18(11-9-17)26-20-15-24-19(14-25-20)21(27)23-13-12-16-6-4-3-5-7-16/h3-11,14-15H,2,12-13H2,1H3,(H,23,27)(H,25,26). The van der Waals surface area contributed by atoms with Crippen LogP contribution >= 0.6 is 0 Å². The highest BCUT2D eigenvalue weighted by Crippen LogP contribution is 2.15. The molecule has 0 fully saturated rings. The summed E-state index contributed by atoms with van der Waals surface area (Å²) < 4.78 is 4.96. The van der Waals surface area contributed by atoms with Crippen LogP contribution in [-0.2, 0) is 11.2 Å². The number of esters is 1. The van der Waals surface area contributed by atoms with Crippen LogP contribution in [0.4, 0.5) is 11.5 Å². The number of nitrogens with one attached hydrogen (secondary N) is 2. The zero-order valence-corrected chi connectivity index (χ0v) is 16.1. The van der Waals surface area contributed by atoms with E-state index in [1.165, 1.54) is 12.4 Å². The summed E-state index contributed by atoms with van der Waals surface area (Å²) in [6.45, 7) is 2.62. The molecular weight excluding hydrogens is 368 g/mol. The number of ether oxygens (including phenoxy) is 1. The molecule has 3 aromatic rings. The molecule has 2 N–H and O–H groups in total. The largest absolute Gasteiger partial charge is 0.462 e. The third-order valence-corrected chi connectivity index (χ3v) is 4.09. The third-order valence-electron chi connectivity index (χ3n) is 4.09. The van der Waals surface area contributed by atoms with Crippen LogP contribution in [0.3, 0.4) is 0 Å². The number of hydrogen-bond donors (Lipinski definition) is 2. The molecule has 148 valence electrons. The lowest BCUT2D eigenvalue weighted by atomic mass is 10.1. The summed E-state index contributed by atoms with van der Waals surface area (Å²) in [5.74, 6) is -0.130. The van der Waals surface area contributed by atoms with E-state index < -0.39 is 0 Å². The number of aromatic nitrogens is 2. The van der Waals surface area contributed by atoms with Crippen LogP contribution in [-0.4, -0.2) is 35.0 Å². The number of carbonyl (C=O) groups excluding carboxylic acids is 2. The van der Waals surface area contributed by atoms with Crippen molar-refractivity contribution in [2.75, 3.05) is 18.5 Å². The van der Waals surface area contributed by atoms with Gasteiger partial charge in [0.2, 0.25) is 0 Å². The normalized spacial score (nSPS) is 10.2. The number of nitrogens with zero attached hydrogens (tertiary/aromatic N) is 2. The fourth-order valence-corrected chi connectivity index (χ4v) is 2.62. The van der Waals surface area contributed by atoms with Crippen LogP contribution in [0, 0.1) is 0 Å². The molecule has 0 saturated heterocycles. The first-order chi connectivity index (χ1) is 14.2. The number of anilines is 2. The molecule has 1 amide bonds. The summed E-state index contributed by atoms with van der Waals surface area (Å²) in [4.78, 5) is 32.2. The first kappa shape index (κ1) is 20.0. The first-order valence-electron chi connectivity index (χ1n) is 9.34. The molecular formula is C22H22N4O3. The van der Waals surface area contributed by atoms with E-state index in [0.29, 0.717) is 24.5 Å². The molecule has 2 aromatic carbocycles. The van der Waals surface area contributed by atoms with E-state index in [1.54, 1.807) is 31.2 Å².